The summed E-state index contributed by atoms with van der Waals surface area (Å²) in [5.41, 5.74) is 8.95. The molecule has 0 radical (unpaired) electrons. The van der Waals surface area contributed by atoms with E-state index in [4.69, 9.17) is 5.73 Å². The Kier molecular flexibility index (Phi) is 3.19. The highest BCUT2D eigenvalue weighted by atomic mass is 16.1. The van der Waals surface area contributed by atoms with Crippen molar-refractivity contribution < 1.29 is 4.79 Å². The summed E-state index contributed by atoms with van der Waals surface area (Å²) in [6, 6.07) is 9.87. The van der Waals surface area contributed by atoms with Crippen molar-refractivity contribution in [3.8, 4) is 11.1 Å². The van der Waals surface area contributed by atoms with Crippen LogP contribution < -0.4 is 5.73 Å². The number of carbonyl (C=O) groups excluding carboxylic acids is 1. The van der Waals surface area contributed by atoms with Crippen molar-refractivity contribution in [1.82, 2.24) is 4.98 Å². The fourth-order valence-electron chi connectivity index (χ4n) is 1.83. The number of pyridine rings is 1. The maximum atomic E-state index is 11.1. The average molecular weight is 226 g/mol. The molecule has 0 saturated carbocycles. The van der Waals surface area contributed by atoms with E-state index >= 15 is 0 Å². The number of aromatic nitrogens is 1. The van der Waals surface area contributed by atoms with Gasteiger partial charge in [-0.05, 0) is 23.6 Å². The van der Waals surface area contributed by atoms with Crippen LogP contribution in [-0.2, 0) is 6.42 Å². The highest BCUT2D eigenvalue weighted by Crippen LogP contribution is 2.23. The average Bonchev–Trinajstić information content (AvgIpc) is 2.39. The number of amides is 1. The molecule has 0 aliphatic rings. The van der Waals surface area contributed by atoms with Crippen LogP contribution in [0.15, 0.2) is 42.7 Å². The molecule has 3 nitrogen and oxygen atoms in total. The maximum absolute atomic E-state index is 11.1. The van der Waals surface area contributed by atoms with Gasteiger partial charge in [0, 0.05) is 18.0 Å². The topological polar surface area (TPSA) is 56.0 Å². The number of primary amides is 1. The summed E-state index contributed by atoms with van der Waals surface area (Å²) in [5, 5.41) is 0. The van der Waals surface area contributed by atoms with E-state index in [-0.39, 0.29) is 0 Å². The molecule has 2 N–H and O–H groups in total. The Hall–Kier alpha value is -2.16. The van der Waals surface area contributed by atoms with Crippen LogP contribution in [0.25, 0.3) is 11.1 Å². The van der Waals surface area contributed by atoms with E-state index in [1.54, 1.807) is 12.3 Å². The monoisotopic (exact) mass is 226 g/mol. The summed E-state index contributed by atoms with van der Waals surface area (Å²) >= 11 is 0. The molecule has 2 aromatic rings. The van der Waals surface area contributed by atoms with Crippen LogP contribution in [0.4, 0.5) is 0 Å². The van der Waals surface area contributed by atoms with Gasteiger partial charge < -0.3 is 5.73 Å². The van der Waals surface area contributed by atoms with Gasteiger partial charge in [0.1, 0.15) is 0 Å². The minimum Gasteiger partial charge on any atom is -0.366 e. The van der Waals surface area contributed by atoms with Crippen LogP contribution in [-0.4, -0.2) is 10.9 Å². The number of nitrogens with zero attached hydrogens (tertiary/aromatic N) is 1. The Bertz CT molecular complexity index is 549. The molecule has 0 aliphatic heterocycles. The number of nitrogens with two attached hydrogens (primary N) is 1. The van der Waals surface area contributed by atoms with Gasteiger partial charge in [0.2, 0.25) is 5.91 Å². The highest BCUT2D eigenvalue weighted by Gasteiger charge is 2.06. The molecule has 1 aromatic carbocycles. The second-order valence-electron chi connectivity index (χ2n) is 3.84. The summed E-state index contributed by atoms with van der Waals surface area (Å²) in [4.78, 5) is 15.2. The Morgan fingerprint density at radius 3 is 2.76 bits per heavy atom. The molecule has 17 heavy (non-hydrogen) atoms. The first-order chi connectivity index (χ1) is 8.22. The predicted molar refractivity (Wildman–Crippen MR) is 67.6 cm³/mol. The minimum absolute atomic E-state index is 0.438. The summed E-state index contributed by atoms with van der Waals surface area (Å²) in [7, 11) is 0. The summed E-state index contributed by atoms with van der Waals surface area (Å²) in [6.45, 7) is 2.10. The van der Waals surface area contributed by atoms with E-state index in [9.17, 15) is 4.79 Å². The molecule has 1 aromatic heterocycles. The van der Waals surface area contributed by atoms with Crippen LogP contribution in [0.5, 0.6) is 0 Å². The molecule has 1 heterocycles. The second kappa shape index (κ2) is 4.78. The third-order valence-electron chi connectivity index (χ3n) is 2.73. The Labute approximate surface area is 100 Å². The number of aryl methyl sites for hydroxylation is 1. The molecule has 0 saturated heterocycles. The lowest BCUT2D eigenvalue weighted by Crippen LogP contribution is -2.11. The number of hydrogen-bond donors (Lipinski definition) is 1. The van der Waals surface area contributed by atoms with Gasteiger partial charge in [-0.1, -0.05) is 31.2 Å². The molecule has 0 spiro atoms. The molecular weight excluding hydrogens is 212 g/mol. The quantitative estimate of drug-likeness (QED) is 0.873. The Morgan fingerprint density at radius 2 is 2.06 bits per heavy atom. The molecule has 0 atom stereocenters. The van der Waals surface area contributed by atoms with Crippen LogP contribution in [0.3, 0.4) is 0 Å². The standard InChI is InChI=1S/C14H14N2O/c1-2-10-5-3-4-6-13(10)11-7-12(14(15)17)9-16-8-11/h3-9H,2H2,1H3,(H2,15,17). The molecule has 86 valence electrons. The zero-order valence-corrected chi connectivity index (χ0v) is 9.68. The summed E-state index contributed by atoms with van der Waals surface area (Å²) < 4.78 is 0. The zero-order valence-electron chi connectivity index (χ0n) is 9.68. The van der Waals surface area contributed by atoms with Crippen molar-refractivity contribution in [1.29, 1.82) is 0 Å². The van der Waals surface area contributed by atoms with Gasteiger partial charge in [0.15, 0.2) is 0 Å². The maximum Gasteiger partial charge on any atom is 0.250 e. The largest absolute Gasteiger partial charge is 0.366 e. The molecule has 0 bridgehead atoms. The first-order valence-electron chi connectivity index (χ1n) is 5.55. The van der Waals surface area contributed by atoms with Crippen LogP contribution in [0.2, 0.25) is 0 Å². The molecular formula is C14H14N2O. The van der Waals surface area contributed by atoms with E-state index in [1.165, 1.54) is 11.8 Å². The lowest BCUT2D eigenvalue weighted by atomic mass is 9.98. The smallest absolute Gasteiger partial charge is 0.250 e. The number of rotatable bonds is 3. The Morgan fingerprint density at radius 1 is 1.29 bits per heavy atom. The van der Waals surface area contributed by atoms with Crippen molar-refractivity contribution in [2.45, 2.75) is 13.3 Å². The third-order valence-corrected chi connectivity index (χ3v) is 2.73. The van der Waals surface area contributed by atoms with Gasteiger partial charge in [0.05, 0.1) is 5.56 Å². The van der Waals surface area contributed by atoms with Gasteiger partial charge in [-0.25, -0.2) is 0 Å². The van der Waals surface area contributed by atoms with Crippen molar-refractivity contribution in [2.75, 3.05) is 0 Å². The first kappa shape index (κ1) is 11.3. The summed E-state index contributed by atoms with van der Waals surface area (Å²) in [6.07, 6.45) is 4.18. The number of benzene rings is 1. The van der Waals surface area contributed by atoms with Crippen molar-refractivity contribution in [2.24, 2.45) is 5.73 Å². The number of hydrogen-bond acceptors (Lipinski definition) is 2. The second-order valence-corrected chi connectivity index (χ2v) is 3.84. The lowest BCUT2D eigenvalue weighted by Gasteiger charge is -2.08. The normalized spacial score (nSPS) is 10.2. The van der Waals surface area contributed by atoms with Gasteiger partial charge in [-0.15, -0.1) is 0 Å². The third kappa shape index (κ3) is 2.33. The molecule has 2 rings (SSSR count). The number of carbonyl (C=O) groups is 1. The van der Waals surface area contributed by atoms with Gasteiger partial charge in [0.25, 0.3) is 0 Å². The van der Waals surface area contributed by atoms with Crippen LogP contribution >= 0.6 is 0 Å². The van der Waals surface area contributed by atoms with Gasteiger partial charge in [-0.3, -0.25) is 9.78 Å². The Balaban J connectivity index is 2.52. The molecule has 1 amide bonds. The van der Waals surface area contributed by atoms with E-state index in [0.717, 1.165) is 17.5 Å². The SMILES string of the molecule is CCc1ccccc1-c1cncc(C(N)=O)c1. The fourth-order valence-corrected chi connectivity index (χ4v) is 1.83. The van der Waals surface area contributed by atoms with E-state index in [2.05, 4.69) is 18.0 Å². The first-order valence-corrected chi connectivity index (χ1v) is 5.55. The minimum atomic E-state index is -0.451. The van der Waals surface area contributed by atoms with Crippen LogP contribution in [0.1, 0.15) is 22.8 Å². The van der Waals surface area contributed by atoms with Gasteiger partial charge >= 0.3 is 0 Å². The van der Waals surface area contributed by atoms with Crippen LogP contribution in [0, 0.1) is 0 Å². The van der Waals surface area contributed by atoms with Crippen molar-refractivity contribution in [3.05, 3.63) is 53.9 Å². The fraction of sp³-hybridized carbons (Fsp3) is 0.143. The summed E-state index contributed by atoms with van der Waals surface area (Å²) in [5.74, 6) is -0.451. The molecule has 0 aliphatic carbocycles. The van der Waals surface area contributed by atoms with Crippen molar-refractivity contribution >= 4 is 5.91 Å². The van der Waals surface area contributed by atoms with Crippen molar-refractivity contribution in [3.63, 3.8) is 0 Å². The van der Waals surface area contributed by atoms with E-state index < -0.39 is 5.91 Å². The highest BCUT2D eigenvalue weighted by molar-refractivity contribution is 5.93. The van der Waals surface area contributed by atoms with E-state index in [1.807, 2.05) is 18.2 Å². The zero-order chi connectivity index (χ0) is 12.3. The molecule has 0 unspecified atom stereocenters. The lowest BCUT2D eigenvalue weighted by molar-refractivity contribution is 0.1000. The molecule has 0 fully saturated rings. The predicted octanol–water partition coefficient (Wildman–Crippen LogP) is 2.41. The molecule has 3 heteroatoms. The van der Waals surface area contributed by atoms with E-state index in [0.29, 0.717) is 5.56 Å². The van der Waals surface area contributed by atoms with Gasteiger partial charge in [-0.2, -0.15) is 0 Å².